The normalized spacial score (nSPS) is 33.1. The minimum Gasteiger partial charge on any atom is -0.385 e. The van der Waals surface area contributed by atoms with Gasteiger partial charge in [0, 0.05) is 17.6 Å². The van der Waals surface area contributed by atoms with E-state index in [0.717, 1.165) is 25.0 Å². The summed E-state index contributed by atoms with van der Waals surface area (Å²) in [4.78, 5) is 2.21. The Morgan fingerprint density at radius 2 is 1.85 bits per heavy atom. The second-order valence-electron chi connectivity index (χ2n) is 5.91. The Bertz CT molecular complexity index is 582. The Morgan fingerprint density at radius 3 is 2.40 bits per heavy atom. The van der Waals surface area contributed by atoms with Gasteiger partial charge in [0.15, 0.2) is 0 Å². The highest BCUT2D eigenvalue weighted by molar-refractivity contribution is 5.37. The Labute approximate surface area is 116 Å². The molecule has 0 spiro atoms. The largest absolute Gasteiger partial charge is 0.385 e. The summed E-state index contributed by atoms with van der Waals surface area (Å²) in [5.41, 5.74) is -1.68. The monoisotopic (exact) mass is 278 g/mol. The van der Waals surface area contributed by atoms with Gasteiger partial charge in [0.2, 0.25) is 0 Å². The second kappa shape index (κ2) is 4.51. The lowest BCUT2D eigenvalue weighted by molar-refractivity contribution is -0.0517. The molecule has 0 saturated carbocycles. The highest BCUT2D eigenvalue weighted by atomic mass is 19.1. The number of rotatable bonds is 1. The third kappa shape index (κ3) is 1.91. The van der Waals surface area contributed by atoms with Gasteiger partial charge in [-0.15, -0.1) is 0 Å². The van der Waals surface area contributed by atoms with Crippen LogP contribution in [0, 0.1) is 23.0 Å². The van der Waals surface area contributed by atoms with Crippen molar-refractivity contribution in [3.05, 3.63) is 34.9 Å². The highest BCUT2D eigenvalue weighted by Crippen LogP contribution is 2.45. The van der Waals surface area contributed by atoms with Crippen LogP contribution in [0.5, 0.6) is 0 Å². The summed E-state index contributed by atoms with van der Waals surface area (Å²) in [6.45, 7) is 0. The van der Waals surface area contributed by atoms with Crippen molar-refractivity contribution < 1.29 is 13.9 Å². The molecular formula is C15H16F2N2O. The molecule has 106 valence electrons. The van der Waals surface area contributed by atoms with Crippen molar-refractivity contribution >= 4 is 0 Å². The SMILES string of the molecule is CN1C2CCC1CC(O)(c1cc(F)c(C#N)cc1F)C2. The van der Waals surface area contributed by atoms with Crippen LogP contribution in [-0.2, 0) is 5.60 Å². The van der Waals surface area contributed by atoms with Gasteiger partial charge in [-0.05, 0) is 44.9 Å². The van der Waals surface area contributed by atoms with E-state index >= 15 is 0 Å². The van der Waals surface area contributed by atoms with Crippen LogP contribution in [0.15, 0.2) is 12.1 Å². The van der Waals surface area contributed by atoms with E-state index in [2.05, 4.69) is 4.90 Å². The van der Waals surface area contributed by atoms with E-state index in [1.54, 1.807) is 6.07 Å². The molecule has 3 nitrogen and oxygen atoms in total. The van der Waals surface area contributed by atoms with E-state index in [4.69, 9.17) is 5.26 Å². The number of hydrogen-bond donors (Lipinski definition) is 1. The smallest absolute Gasteiger partial charge is 0.141 e. The molecule has 2 heterocycles. The molecule has 1 N–H and O–H groups in total. The van der Waals surface area contributed by atoms with E-state index in [1.807, 2.05) is 7.05 Å². The fourth-order valence-electron chi connectivity index (χ4n) is 3.65. The highest BCUT2D eigenvalue weighted by Gasteiger charge is 2.47. The van der Waals surface area contributed by atoms with Gasteiger partial charge in [-0.25, -0.2) is 8.78 Å². The van der Waals surface area contributed by atoms with E-state index < -0.39 is 17.2 Å². The minimum atomic E-state index is -1.34. The molecule has 2 aliphatic rings. The van der Waals surface area contributed by atoms with E-state index in [0.29, 0.717) is 12.8 Å². The Hall–Kier alpha value is -1.51. The van der Waals surface area contributed by atoms with Crippen molar-refractivity contribution in [1.29, 1.82) is 5.26 Å². The summed E-state index contributed by atoms with van der Waals surface area (Å²) >= 11 is 0. The van der Waals surface area contributed by atoms with E-state index in [-0.39, 0.29) is 23.2 Å². The Morgan fingerprint density at radius 1 is 1.25 bits per heavy atom. The molecule has 0 aliphatic carbocycles. The molecule has 1 aromatic rings. The molecule has 0 radical (unpaired) electrons. The van der Waals surface area contributed by atoms with Crippen LogP contribution >= 0.6 is 0 Å². The third-order valence-corrected chi connectivity index (χ3v) is 4.81. The van der Waals surface area contributed by atoms with Gasteiger partial charge in [-0.1, -0.05) is 0 Å². The van der Waals surface area contributed by atoms with Gasteiger partial charge in [0.05, 0.1) is 11.2 Å². The number of nitriles is 1. The van der Waals surface area contributed by atoms with Crippen molar-refractivity contribution in [2.24, 2.45) is 0 Å². The lowest BCUT2D eigenvalue weighted by Crippen LogP contribution is -2.48. The molecule has 2 saturated heterocycles. The van der Waals surface area contributed by atoms with E-state index in [1.165, 1.54) is 0 Å². The third-order valence-electron chi connectivity index (χ3n) is 4.81. The number of fused-ring (bicyclic) bond motifs is 2. The van der Waals surface area contributed by atoms with Crippen LogP contribution in [0.3, 0.4) is 0 Å². The molecule has 20 heavy (non-hydrogen) atoms. The fraction of sp³-hybridized carbons (Fsp3) is 0.533. The van der Waals surface area contributed by atoms with Gasteiger partial charge in [-0.2, -0.15) is 5.26 Å². The van der Waals surface area contributed by atoms with Crippen LogP contribution in [0.2, 0.25) is 0 Å². The minimum absolute atomic E-state index is 0.0148. The van der Waals surface area contributed by atoms with Crippen LogP contribution in [-0.4, -0.2) is 29.1 Å². The van der Waals surface area contributed by atoms with Crippen LogP contribution in [0.25, 0.3) is 0 Å². The fourth-order valence-corrected chi connectivity index (χ4v) is 3.65. The number of aliphatic hydroxyl groups is 1. The van der Waals surface area contributed by atoms with Crippen LogP contribution < -0.4 is 0 Å². The maximum absolute atomic E-state index is 14.1. The maximum Gasteiger partial charge on any atom is 0.141 e. The van der Waals surface area contributed by atoms with Gasteiger partial charge >= 0.3 is 0 Å². The summed E-state index contributed by atoms with van der Waals surface area (Å²) < 4.78 is 27.9. The number of benzene rings is 1. The number of hydrogen-bond acceptors (Lipinski definition) is 3. The summed E-state index contributed by atoms with van der Waals surface area (Å²) in [7, 11) is 2.01. The first kappa shape index (κ1) is 13.5. The van der Waals surface area contributed by atoms with Crippen molar-refractivity contribution in [3.8, 4) is 6.07 Å². The molecule has 2 aliphatic heterocycles. The van der Waals surface area contributed by atoms with Gasteiger partial charge in [0.1, 0.15) is 17.7 Å². The lowest BCUT2D eigenvalue weighted by Gasteiger charge is -2.42. The predicted octanol–water partition coefficient (Wildman–Crippen LogP) is 2.28. The van der Waals surface area contributed by atoms with Gasteiger partial charge < -0.3 is 10.0 Å². The number of nitrogens with zero attached hydrogens (tertiary/aromatic N) is 2. The molecule has 3 rings (SSSR count). The Kier molecular flexibility index (Phi) is 3.03. The zero-order valence-electron chi connectivity index (χ0n) is 11.2. The van der Waals surface area contributed by atoms with Gasteiger partial charge in [0.25, 0.3) is 0 Å². The second-order valence-corrected chi connectivity index (χ2v) is 5.91. The topological polar surface area (TPSA) is 47.3 Å². The first-order valence-corrected chi connectivity index (χ1v) is 6.78. The Balaban J connectivity index is 2.01. The van der Waals surface area contributed by atoms with E-state index in [9.17, 15) is 13.9 Å². The summed E-state index contributed by atoms with van der Waals surface area (Å²) in [6.07, 6.45) is 2.76. The number of piperidine rings is 1. The first-order valence-electron chi connectivity index (χ1n) is 6.78. The molecule has 2 atom stereocenters. The van der Waals surface area contributed by atoms with Crippen LogP contribution in [0.1, 0.15) is 36.8 Å². The average molecular weight is 278 g/mol. The average Bonchev–Trinajstić information content (AvgIpc) is 2.64. The van der Waals surface area contributed by atoms with Crippen LogP contribution in [0.4, 0.5) is 8.78 Å². The van der Waals surface area contributed by atoms with Crippen molar-refractivity contribution in [1.82, 2.24) is 4.90 Å². The molecule has 2 fully saturated rings. The molecular weight excluding hydrogens is 262 g/mol. The van der Waals surface area contributed by atoms with Gasteiger partial charge in [-0.3, -0.25) is 0 Å². The number of halogens is 2. The zero-order valence-corrected chi connectivity index (χ0v) is 11.2. The quantitative estimate of drug-likeness (QED) is 0.857. The standard InChI is InChI=1S/C15H16F2N2O/c1-19-10-2-3-11(19)7-15(20,6-10)12-5-13(16)9(8-18)4-14(12)17/h4-5,10-11,20H,2-3,6-7H2,1H3. The molecule has 1 aromatic carbocycles. The summed E-state index contributed by atoms with van der Waals surface area (Å²) in [5.74, 6) is -1.47. The molecule has 2 bridgehead atoms. The van der Waals surface area contributed by atoms with Crippen molar-refractivity contribution in [2.75, 3.05) is 7.05 Å². The predicted molar refractivity (Wildman–Crippen MR) is 68.8 cm³/mol. The maximum atomic E-state index is 14.1. The zero-order chi connectivity index (χ0) is 14.5. The summed E-state index contributed by atoms with van der Waals surface area (Å²) in [6, 6.07) is 3.88. The molecule has 0 amide bonds. The van der Waals surface area contributed by atoms with Crippen molar-refractivity contribution in [3.63, 3.8) is 0 Å². The molecule has 5 heteroatoms. The molecule has 0 aromatic heterocycles. The lowest BCUT2D eigenvalue weighted by atomic mass is 9.80. The molecule has 2 unspecified atom stereocenters. The van der Waals surface area contributed by atoms with Crippen molar-refractivity contribution in [2.45, 2.75) is 43.4 Å². The first-order chi connectivity index (χ1) is 9.44. The summed E-state index contributed by atoms with van der Waals surface area (Å²) in [5, 5.41) is 19.5.